The fraction of sp³-hybridized carbons (Fsp3) is 0.800. The van der Waals surface area contributed by atoms with Crippen LogP contribution in [0.15, 0.2) is 0 Å². The average molecular weight is 142 g/mol. The topological polar surface area (TPSA) is 63.8 Å². The molecule has 0 spiro atoms. The molecule has 1 N–H and O–H groups in total. The molecule has 0 aromatic carbocycles. The van der Waals surface area contributed by atoms with Crippen LogP contribution in [0.3, 0.4) is 0 Å². The molecule has 0 saturated carbocycles. The molecule has 0 aliphatic rings. The van der Waals surface area contributed by atoms with Crippen LogP contribution in [-0.2, 0) is 13.0 Å². The van der Waals surface area contributed by atoms with Crippen LogP contribution in [0.4, 0.5) is 0 Å². The monoisotopic (exact) mass is 142 g/mol. The summed E-state index contributed by atoms with van der Waals surface area (Å²) in [5.74, 6) is 0.601. The average Bonchev–Trinajstić information content (AvgIpc) is 2.37. The van der Waals surface area contributed by atoms with E-state index in [1.165, 1.54) is 4.80 Å². The molecule has 0 amide bonds. The third-order valence-electron chi connectivity index (χ3n) is 1.11. The Morgan fingerprint density at radius 3 is 2.90 bits per heavy atom. The maximum atomic E-state index is 8.48. The van der Waals surface area contributed by atoms with Crippen molar-refractivity contribution in [1.82, 2.24) is 20.2 Å². The first-order valence-corrected chi connectivity index (χ1v) is 3.24. The van der Waals surface area contributed by atoms with Gasteiger partial charge in [0.1, 0.15) is 0 Å². The largest absolute Gasteiger partial charge is 0.396 e. The molecule has 0 saturated heterocycles. The second-order valence-corrected chi connectivity index (χ2v) is 1.87. The number of hydrogen-bond acceptors (Lipinski definition) is 4. The van der Waals surface area contributed by atoms with Crippen molar-refractivity contribution in [1.29, 1.82) is 0 Å². The van der Waals surface area contributed by atoms with Gasteiger partial charge in [-0.15, -0.1) is 10.2 Å². The number of tetrazole rings is 1. The van der Waals surface area contributed by atoms with Crippen molar-refractivity contribution in [2.24, 2.45) is 0 Å². The summed E-state index contributed by atoms with van der Waals surface area (Å²) >= 11 is 0. The Balaban J connectivity index is 2.59. The number of aromatic nitrogens is 4. The predicted octanol–water partition coefficient (Wildman–Crippen LogP) is -0.772. The van der Waals surface area contributed by atoms with E-state index in [1.54, 1.807) is 0 Å². The number of hydrogen-bond donors (Lipinski definition) is 1. The molecular weight excluding hydrogens is 132 g/mol. The third-order valence-corrected chi connectivity index (χ3v) is 1.11. The molecular formula is C5H10N4O. The van der Waals surface area contributed by atoms with Gasteiger partial charge in [-0.25, -0.2) is 0 Å². The van der Waals surface area contributed by atoms with Crippen LogP contribution in [0.1, 0.15) is 12.7 Å². The molecule has 0 radical (unpaired) electrons. The second kappa shape index (κ2) is 3.26. The number of aliphatic hydroxyl groups excluding tert-OH is 1. The maximum Gasteiger partial charge on any atom is 0.177 e. The van der Waals surface area contributed by atoms with Crippen molar-refractivity contribution in [2.75, 3.05) is 6.61 Å². The lowest BCUT2D eigenvalue weighted by Crippen LogP contribution is -1.99. The van der Waals surface area contributed by atoms with Crippen LogP contribution in [0.5, 0.6) is 0 Å². The lowest BCUT2D eigenvalue weighted by atomic mass is 10.4. The van der Waals surface area contributed by atoms with Crippen LogP contribution in [0.25, 0.3) is 0 Å². The highest BCUT2D eigenvalue weighted by atomic mass is 16.3. The van der Waals surface area contributed by atoms with Crippen molar-refractivity contribution >= 4 is 0 Å². The van der Waals surface area contributed by atoms with Crippen LogP contribution < -0.4 is 0 Å². The summed E-state index contributed by atoms with van der Waals surface area (Å²) in [4.78, 5) is 1.49. The van der Waals surface area contributed by atoms with Crippen molar-refractivity contribution in [3.8, 4) is 0 Å². The first-order valence-electron chi connectivity index (χ1n) is 3.24. The summed E-state index contributed by atoms with van der Waals surface area (Å²) in [6, 6.07) is 0. The van der Waals surface area contributed by atoms with Gasteiger partial charge < -0.3 is 5.11 Å². The first-order chi connectivity index (χ1) is 4.86. The van der Waals surface area contributed by atoms with E-state index in [0.717, 1.165) is 6.54 Å². The molecule has 0 bridgehead atoms. The van der Waals surface area contributed by atoms with E-state index >= 15 is 0 Å². The van der Waals surface area contributed by atoms with E-state index in [9.17, 15) is 0 Å². The molecule has 5 heteroatoms. The Kier molecular flexibility index (Phi) is 2.33. The molecule has 1 aromatic rings. The molecule has 1 aromatic heterocycles. The van der Waals surface area contributed by atoms with Gasteiger partial charge in [-0.3, -0.25) is 0 Å². The Labute approximate surface area is 58.7 Å². The number of aliphatic hydroxyl groups is 1. The fourth-order valence-corrected chi connectivity index (χ4v) is 0.610. The highest BCUT2D eigenvalue weighted by Gasteiger charge is 1.98. The van der Waals surface area contributed by atoms with Gasteiger partial charge in [0.15, 0.2) is 5.82 Å². The molecule has 0 atom stereocenters. The van der Waals surface area contributed by atoms with Gasteiger partial charge in [-0.1, -0.05) is 0 Å². The number of nitrogens with zero attached hydrogens (tertiary/aromatic N) is 4. The van der Waals surface area contributed by atoms with Gasteiger partial charge in [-0.05, 0) is 12.1 Å². The Hall–Kier alpha value is -0.970. The van der Waals surface area contributed by atoms with Gasteiger partial charge >= 0.3 is 0 Å². The summed E-state index contributed by atoms with van der Waals surface area (Å²) in [6.07, 6.45) is 0.486. The molecule has 56 valence electrons. The normalized spacial score (nSPS) is 10.2. The zero-order valence-corrected chi connectivity index (χ0v) is 5.86. The van der Waals surface area contributed by atoms with Gasteiger partial charge in [0.05, 0.1) is 13.2 Å². The van der Waals surface area contributed by atoms with Crippen molar-refractivity contribution < 1.29 is 5.11 Å². The highest BCUT2D eigenvalue weighted by molar-refractivity contribution is 4.75. The van der Waals surface area contributed by atoms with E-state index in [1.807, 2.05) is 6.92 Å². The third kappa shape index (κ3) is 1.51. The minimum Gasteiger partial charge on any atom is -0.396 e. The van der Waals surface area contributed by atoms with E-state index in [-0.39, 0.29) is 6.61 Å². The van der Waals surface area contributed by atoms with Crippen molar-refractivity contribution in [3.05, 3.63) is 5.82 Å². The summed E-state index contributed by atoms with van der Waals surface area (Å²) in [7, 11) is 0. The molecule has 0 aliphatic heterocycles. The zero-order chi connectivity index (χ0) is 7.40. The van der Waals surface area contributed by atoms with Gasteiger partial charge in [0, 0.05) is 6.42 Å². The molecule has 0 aliphatic carbocycles. The van der Waals surface area contributed by atoms with Gasteiger partial charge in [-0.2, -0.15) is 4.80 Å². The quantitative estimate of drug-likeness (QED) is 0.601. The summed E-state index contributed by atoms with van der Waals surface area (Å²) < 4.78 is 0. The lowest BCUT2D eigenvalue weighted by Gasteiger charge is -1.86. The Morgan fingerprint density at radius 2 is 2.40 bits per heavy atom. The first kappa shape index (κ1) is 7.14. The smallest absolute Gasteiger partial charge is 0.177 e. The number of aryl methyl sites for hydroxylation is 1. The molecule has 0 fully saturated rings. The zero-order valence-electron chi connectivity index (χ0n) is 5.86. The van der Waals surface area contributed by atoms with Crippen LogP contribution in [-0.4, -0.2) is 31.9 Å². The minimum absolute atomic E-state index is 0.0788. The van der Waals surface area contributed by atoms with Crippen molar-refractivity contribution in [2.45, 2.75) is 19.9 Å². The minimum atomic E-state index is 0.0788. The van der Waals surface area contributed by atoms with E-state index in [4.69, 9.17) is 5.11 Å². The van der Waals surface area contributed by atoms with Gasteiger partial charge in [0.2, 0.25) is 0 Å². The molecule has 0 unspecified atom stereocenters. The van der Waals surface area contributed by atoms with E-state index in [2.05, 4.69) is 15.4 Å². The summed E-state index contributed by atoms with van der Waals surface area (Å²) in [5.41, 5.74) is 0. The summed E-state index contributed by atoms with van der Waals surface area (Å²) in [5, 5.41) is 19.9. The van der Waals surface area contributed by atoms with Crippen molar-refractivity contribution in [3.63, 3.8) is 0 Å². The van der Waals surface area contributed by atoms with E-state index in [0.29, 0.717) is 12.2 Å². The molecule has 10 heavy (non-hydrogen) atoms. The molecule has 1 heterocycles. The maximum absolute atomic E-state index is 8.48. The highest BCUT2D eigenvalue weighted by Crippen LogP contribution is 1.85. The van der Waals surface area contributed by atoms with Crippen LogP contribution in [0.2, 0.25) is 0 Å². The molecule has 1 rings (SSSR count). The predicted molar refractivity (Wildman–Crippen MR) is 34.3 cm³/mol. The van der Waals surface area contributed by atoms with Gasteiger partial charge in [0.25, 0.3) is 0 Å². The fourth-order valence-electron chi connectivity index (χ4n) is 0.610. The SMILES string of the molecule is CCn1nnc(CCO)n1. The second-order valence-electron chi connectivity index (χ2n) is 1.87. The van der Waals surface area contributed by atoms with E-state index < -0.39 is 0 Å². The molecule has 5 nitrogen and oxygen atoms in total. The van der Waals surface area contributed by atoms with Crippen LogP contribution in [0, 0.1) is 0 Å². The van der Waals surface area contributed by atoms with Crippen LogP contribution >= 0.6 is 0 Å². The lowest BCUT2D eigenvalue weighted by molar-refractivity contribution is 0.296. The standard InChI is InChI=1S/C5H10N4O/c1-2-9-7-5(3-4-10)6-8-9/h10H,2-4H2,1H3. The number of rotatable bonds is 3. The summed E-state index contributed by atoms with van der Waals surface area (Å²) in [6.45, 7) is 2.73. The Bertz CT molecular complexity index is 197. The Morgan fingerprint density at radius 1 is 1.60 bits per heavy atom.